The predicted molar refractivity (Wildman–Crippen MR) is 104 cm³/mol. The minimum Gasteiger partial charge on any atom is -0.494 e. The Morgan fingerprint density at radius 3 is 2.35 bits per heavy atom. The molecule has 1 amide bonds. The van der Waals surface area contributed by atoms with Crippen molar-refractivity contribution in [2.75, 3.05) is 18.5 Å². The molecule has 0 aliphatic carbocycles. The third kappa shape index (κ3) is 5.07. The molecule has 0 saturated carbocycles. The van der Waals surface area contributed by atoms with Gasteiger partial charge in [-0.25, -0.2) is 4.98 Å². The van der Waals surface area contributed by atoms with Crippen molar-refractivity contribution in [3.63, 3.8) is 0 Å². The molecule has 3 rings (SSSR count). The zero-order valence-corrected chi connectivity index (χ0v) is 15.3. The van der Waals surface area contributed by atoms with Gasteiger partial charge in [0, 0.05) is 22.8 Å². The van der Waals surface area contributed by atoms with E-state index in [0.29, 0.717) is 12.4 Å². The van der Waals surface area contributed by atoms with Gasteiger partial charge in [-0.15, -0.1) is 11.3 Å². The standard InChI is InChI=1S/C20H20N2O3S/c1-2-12-24-17-7-9-18(10-8-17)25-14-19(23)22-16-5-3-15(4-6-16)20-21-11-13-26-20/h3-11,13H,2,12,14H2,1H3,(H,22,23). The van der Waals surface area contributed by atoms with Gasteiger partial charge in [-0.2, -0.15) is 0 Å². The topological polar surface area (TPSA) is 60.5 Å². The third-order valence-corrected chi connectivity index (χ3v) is 4.34. The highest BCUT2D eigenvalue weighted by molar-refractivity contribution is 7.13. The van der Waals surface area contributed by atoms with Crippen LogP contribution in [-0.2, 0) is 4.79 Å². The van der Waals surface area contributed by atoms with Crippen LogP contribution >= 0.6 is 11.3 Å². The van der Waals surface area contributed by atoms with E-state index in [-0.39, 0.29) is 12.5 Å². The van der Waals surface area contributed by atoms with Crippen molar-refractivity contribution in [3.05, 3.63) is 60.1 Å². The van der Waals surface area contributed by atoms with Crippen molar-refractivity contribution in [2.45, 2.75) is 13.3 Å². The monoisotopic (exact) mass is 368 g/mol. The number of carbonyl (C=O) groups excluding carboxylic acids is 1. The van der Waals surface area contributed by atoms with Crippen LogP contribution in [-0.4, -0.2) is 24.1 Å². The molecular weight excluding hydrogens is 348 g/mol. The van der Waals surface area contributed by atoms with Gasteiger partial charge in [0.2, 0.25) is 0 Å². The molecule has 1 heterocycles. The number of aromatic nitrogens is 1. The second kappa shape index (κ2) is 9.01. The molecule has 0 radical (unpaired) electrons. The first-order chi connectivity index (χ1) is 12.7. The second-order valence-electron chi connectivity index (χ2n) is 5.57. The lowest BCUT2D eigenvalue weighted by Gasteiger charge is -2.09. The van der Waals surface area contributed by atoms with Crippen molar-refractivity contribution in [1.29, 1.82) is 0 Å². The first-order valence-corrected chi connectivity index (χ1v) is 9.28. The van der Waals surface area contributed by atoms with Gasteiger partial charge in [0.05, 0.1) is 6.61 Å². The number of amides is 1. The summed E-state index contributed by atoms with van der Waals surface area (Å²) < 4.78 is 11.0. The van der Waals surface area contributed by atoms with Gasteiger partial charge in [0.1, 0.15) is 16.5 Å². The highest BCUT2D eigenvalue weighted by Gasteiger charge is 2.05. The number of anilines is 1. The van der Waals surface area contributed by atoms with Crippen molar-refractivity contribution in [3.8, 4) is 22.1 Å². The van der Waals surface area contributed by atoms with E-state index in [1.807, 2.05) is 41.8 Å². The summed E-state index contributed by atoms with van der Waals surface area (Å²) in [5.74, 6) is 1.21. The van der Waals surface area contributed by atoms with Gasteiger partial charge in [-0.05, 0) is 55.0 Å². The Morgan fingerprint density at radius 2 is 1.73 bits per heavy atom. The van der Waals surface area contributed by atoms with Crippen LogP contribution in [0.2, 0.25) is 0 Å². The van der Waals surface area contributed by atoms with Gasteiger partial charge in [0.25, 0.3) is 5.91 Å². The van der Waals surface area contributed by atoms with Crippen LogP contribution in [0.1, 0.15) is 13.3 Å². The molecule has 0 aliphatic heterocycles. The van der Waals surface area contributed by atoms with Crippen LogP contribution in [0.4, 0.5) is 5.69 Å². The fourth-order valence-electron chi connectivity index (χ4n) is 2.26. The molecule has 0 unspecified atom stereocenters. The van der Waals surface area contributed by atoms with Crippen molar-refractivity contribution in [2.24, 2.45) is 0 Å². The Kier molecular flexibility index (Phi) is 6.22. The van der Waals surface area contributed by atoms with Gasteiger partial charge >= 0.3 is 0 Å². The largest absolute Gasteiger partial charge is 0.494 e. The summed E-state index contributed by atoms with van der Waals surface area (Å²) >= 11 is 1.58. The predicted octanol–water partition coefficient (Wildman–Crippen LogP) is 4.62. The zero-order chi connectivity index (χ0) is 18.2. The molecule has 0 bridgehead atoms. The molecule has 0 aliphatic rings. The highest BCUT2D eigenvalue weighted by Crippen LogP contribution is 2.23. The fourth-order valence-corrected chi connectivity index (χ4v) is 2.90. The van der Waals surface area contributed by atoms with E-state index >= 15 is 0 Å². The van der Waals surface area contributed by atoms with E-state index < -0.39 is 0 Å². The molecule has 6 heteroatoms. The lowest BCUT2D eigenvalue weighted by atomic mass is 10.2. The Hall–Kier alpha value is -2.86. The Balaban J connectivity index is 1.48. The Bertz CT molecular complexity index is 815. The Labute approximate surface area is 156 Å². The molecule has 2 aromatic carbocycles. The van der Waals surface area contributed by atoms with E-state index in [4.69, 9.17) is 9.47 Å². The average Bonchev–Trinajstić information content (AvgIpc) is 3.21. The third-order valence-electron chi connectivity index (χ3n) is 3.51. The lowest BCUT2D eigenvalue weighted by Crippen LogP contribution is -2.20. The highest BCUT2D eigenvalue weighted by atomic mass is 32.1. The van der Waals surface area contributed by atoms with Crippen LogP contribution in [0.25, 0.3) is 10.6 Å². The maximum absolute atomic E-state index is 12.0. The second-order valence-corrected chi connectivity index (χ2v) is 6.47. The van der Waals surface area contributed by atoms with Crippen LogP contribution in [0.5, 0.6) is 11.5 Å². The minimum absolute atomic E-state index is 0.0522. The fraction of sp³-hybridized carbons (Fsp3) is 0.200. The normalized spacial score (nSPS) is 10.3. The number of thiazole rings is 1. The molecule has 0 saturated heterocycles. The first kappa shape index (κ1) is 17.9. The van der Waals surface area contributed by atoms with E-state index in [1.165, 1.54) is 0 Å². The van der Waals surface area contributed by atoms with Crippen molar-refractivity contribution in [1.82, 2.24) is 4.98 Å². The maximum Gasteiger partial charge on any atom is 0.262 e. The van der Waals surface area contributed by atoms with Gasteiger partial charge < -0.3 is 14.8 Å². The van der Waals surface area contributed by atoms with E-state index in [2.05, 4.69) is 17.2 Å². The zero-order valence-electron chi connectivity index (χ0n) is 14.5. The van der Waals surface area contributed by atoms with E-state index in [0.717, 1.165) is 28.4 Å². The first-order valence-electron chi connectivity index (χ1n) is 8.40. The Morgan fingerprint density at radius 1 is 1.04 bits per heavy atom. The van der Waals surface area contributed by atoms with E-state index in [1.54, 1.807) is 29.7 Å². The van der Waals surface area contributed by atoms with Gasteiger partial charge in [0.15, 0.2) is 6.61 Å². The SMILES string of the molecule is CCCOc1ccc(OCC(=O)Nc2ccc(-c3nccs3)cc2)cc1. The van der Waals surface area contributed by atoms with Gasteiger partial charge in [-0.3, -0.25) is 4.79 Å². The summed E-state index contributed by atoms with van der Waals surface area (Å²) in [6, 6.07) is 14.8. The molecule has 0 spiro atoms. The molecule has 5 nitrogen and oxygen atoms in total. The summed E-state index contributed by atoms with van der Waals surface area (Å²) in [5, 5.41) is 5.71. The number of hydrogen-bond acceptors (Lipinski definition) is 5. The quantitative estimate of drug-likeness (QED) is 0.630. The smallest absolute Gasteiger partial charge is 0.262 e. The number of benzene rings is 2. The van der Waals surface area contributed by atoms with Crippen molar-refractivity contribution < 1.29 is 14.3 Å². The van der Waals surface area contributed by atoms with E-state index in [9.17, 15) is 4.79 Å². The molecule has 0 atom stereocenters. The van der Waals surface area contributed by atoms with Crippen LogP contribution in [0.3, 0.4) is 0 Å². The van der Waals surface area contributed by atoms with Crippen LogP contribution < -0.4 is 14.8 Å². The lowest BCUT2D eigenvalue weighted by molar-refractivity contribution is -0.118. The van der Waals surface area contributed by atoms with Crippen molar-refractivity contribution >= 4 is 22.9 Å². The molecule has 26 heavy (non-hydrogen) atoms. The number of nitrogens with one attached hydrogen (secondary N) is 1. The molecule has 3 aromatic rings. The number of rotatable bonds is 8. The molecular formula is C20H20N2O3S. The van der Waals surface area contributed by atoms with Crippen LogP contribution in [0, 0.1) is 0 Å². The molecule has 1 aromatic heterocycles. The summed E-state index contributed by atoms with van der Waals surface area (Å²) in [5.41, 5.74) is 1.75. The number of ether oxygens (including phenoxy) is 2. The van der Waals surface area contributed by atoms with Crippen LogP contribution in [0.15, 0.2) is 60.1 Å². The van der Waals surface area contributed by atoms with Gasteiger partial charge in [-0.1, -0.05) is 6.92 Å². The molecule has 0 fully saturated rings. The number of hydrogen-bond donors (Lipinski definition) is 1. The summed E-state index contributed by atoms with van der Waals surface area (Å²) in [4.78, 5) is 16.3. The molecule has 1 N–H and O–H groups in total. The summed E-state index contributed by atoms with van der Waals surface area (Å²) in [7, 11) is 0. The average molecular weight is 368 g/mol. The number of nitrogens with zero attached hydrogens (tertiary/aromatic N) is 1. The summed E-state index contributed by atoms with van der Waals surface area (Å²) in [6.07, 6.45) is 2.73. The summed E-state index contributed by atoms with van der Waals surface area (Å²) in [6.45, 7) is 2.69. The maximum atomic E-state index is 12.0. The minimum atomic E-state index is -0.210. The number of carbonyl (C=O) groups is 1. The molecule has 134 valence electrons.